The summed E-state index contributed by atoms with van der Waals surface area (Å²) in [4.78, 5) is 111. The summed E-state index contributed by atoms with van der Waals surface area (Å²) in [6.07, 6.45) is -6.31. The summed E-state index contributed by atoms with van der Waals surface area (Å²) in [6.45, 7) is 2.33. The van der Waals surface area contributed by atoms with Gasteiger partial charge >= 0.3 is 17.9 Å². The number of methoxy groups -OCH3 is 4. The first-order valence-corrected chi connectivity index (χ1v) is 21.9. The van der Waals surface area contributed by atoms with Crippen molar-refractivity contribution < 1.29 is 97.0 Å². The molecule has 0 saturated carbocycles. The zero-order chi connectivity index (χ0) is 51.3. The number of ketones is 5. The number of aliphatic hydroxyl groups is 4. The second-order valence-electron chi connectivity index (χ2n) is 17.4. The maximum absolute atomic E-state index is 15.3. The van der Waals surface area contributed by atoms with Crippen LogP contribution in [0.1, 0.15) is 105 Å². The predicted octanol–water partition coefficient (Wildman–Crippen LogP) is 1.14. The number of allylic oxidation sites excluding steroid dienone is 2. The van der Waals surface area contributed by atoms with E-state index in [4.69, 9.17) is 33.2 Å². The Morgan fingerprint density at radius 3 is 2.30 bits per heavy atom. The molecule has 6 N–H and O–H groups in total. The first kappa shape index (κ1) is 51.1. The van der Waals surface area contributed by atoms with E-state index in [-0.39, 0.29) is 28.7 Å². The molecule has 21 nitrogen and oxygen atoms in total. The number of ether oxygens (including phenoxy) is 7. The van der Waals surface area contributed by atoms with Crippen LogP contribution in [0, 0.1) is 18.8 Å². The van der Waals surface area contributed by atoms with Gasteiger partial charge in [0, 0.05) is 61.0 Å². The standard InChI is InChI=1S/C49H51NO20/c1-20-12-24-14-32(54)49(67-7)44(60)36-27(15-26-35(40(36)58)31(53)16-29(38(26)56)50-45-28(17-51)39(57)41(64-4)22(3)70-45)43(59)48(49,63)37(24)42(34(20)47(62)66-6)69-19-33(55)68-18-23-10-8-9-11-25(23)30(52)13-21(2)46(61)65-5/h8-12,15-16,21-22,28,32,39,41,45,50-51,54,57-58,63H,13-14,17-19H2,1-7H3/t21?,22-,28+,32+,39-,41-,45?,48-,49+/m0/s1. The van der Waals surface area contributed by atoms with Gasteiger partial charge in [0.05, 0.1) is 67.8 Å². The van der Waals surface area contributed by atoms with Gasteiger partial charge in [0.25, 0.3) is 0 Å². The van der Waals surface area contributed by atoms with Gasteiger partial charge in [-0.25, -0.2) is 9.59 Å². The number of esters is 3. The van der Waals surface area contributed by atoms with Gasteiger partial charge in [0.1, 0.15) is 36.0 Å². The number of Topliss-reactive ketones (excluding diaryl/α,β-unsaturated/α-hetero) is 4. The molecule has 2 unspecified atom stereocenters. The number of rotatable bonds is 15. The average Bonchev–Trinajstić information content (AvgIpc) is 3.32. The smallest absolute Gasteiger partial charge is 0.344 e. The van der Waals surface area contributed by atoms with Crippen LogP contribution >= 0.6 is 0 Å². The summed E-state index contributed by atoms with van der Waals surface area (Å²) >= 11 is 0. The highest BCUT2D eigenvalue weighted by Crippen LogP contribution is 2.57. The number of carbonyl (C=O) groups excluding carboxylic acids is 8. The van der Waals surface area contributed by atoms with E-state index < -0.39 is 177 Å². The molecule has 0 bridgehead atoms. The number of aliphatic hydroxyl groups excluding tert-OH is 3. The fourth-order valence-electron chi connectivity index (χ4n) is 9.94. The van der Waals surface area contributed by atoms with Gasteiger partial charge in [-0.2, -0.15) is 0 Å². The molecule has 7 rings (SSSR count). The number of aryl methyl sites for hydroxylation is 1. The van der Waals surface area contributed by atoms with Gasteiger partial charge in [-0.3, -0.25) is 28.8 Å². The van der Waals surface area contributed by atoms with Gasteiger partial charge in [0.2, 0.25) is 17.3 Å². The van der Waals surface area contributed by atoms with Crippen LogP contribution in [0.5, 0.6) is 11.5 Å². The number of phenolic OH excluding ortho intramolecular Hbond substituents is 1. The van der Waals surface area contributed by atoms with Crippen molar-refractivity contribution in [3.8, 4) is 11.5 Å². The van der Waals surface area contributed by atoms with Crippen LogP contribution in [0.4, 0.5) is 0 Å². The molecule has 3 aliphatic carbocycles. The zero-order valence-electron chi connectivity index (χ0n) is 39.0. The van der Waals surface area contributed by atoms with E-state index in [2.05, 4.69) is 5.32 Å². The van der Waals surface area contributed by atoms with E-state index >= 15 is 4.79 Å². The van der Waals surface area contributed by atoms with Crippen LogP contribution in [-0.4, -0.2) is 150 Å². The summed E-state index contributed by atoms with van der Waals surface area (Å²) in [5.74, 6) is -11.9. The Morgan fingerprint density at radius 2 is 1.66 bits per heavy atom. The number of nitrogens with one attached hydrogen (secondary N) is 1. The second-order valence-corrected chi connectivity index (χ2v) is 17.4. The number of hydrogen-bond acceptors (Lipinski definition) is 21. The summed E-state index contributed by atoms with van der Waals surface area (Å²) in [5.41, 5.74) is -10.6. The van der Waals surface area contributed by atoms with Crippen molar-refractivity contribution >= 4 is 46.8 Å². The second kappa shape index (κ2) is 19.6. The highest BCUT2D eigenvalue weighted by atomic mass is 16.6. The maximum atomic E-state index is 15.3. The Kier molecular flexibility index (Phi) is 14.3. The summed E-state index contributed by atoms with van der Waals surface area (Å²) in [7, 11) is 4.41. The van der Waals surface area contributed by atoms with Crippen LogP contribution in [0.2, 0.25) is 0 Å². The van der Waals surface area contributed by atoms with Crippen LogP contribution < -0.4 is 10.1 Å². The maximum Gasteiger partial charge on any atom is 0.344 e. The fraction of sp³-hybridized carbons (Fsp3) is 0.429. The minimum absolute atomic E-state index is 0.0738. The molecule has 3 aromatic carbocycles. The average molecular weight is 974 g/mol. The third-order valence-electron chi connectivity index (χ3n) is 13.4. The largest absolute Gasteiger partial charge is 0.506 e. The van der Waals surface area contributed by atoms with Gasteiger partial charge in [-0.1, -0.05) is 37.3 Å². The SMILES string of the molecule is COC(=O)c1c(C)cc2c(c1OCC(=O)OCc1ccccc1C(=O)CC(C)C(=O)OC)[C@]1(O)C(=O)c3cc4c(c(O)c3C(=O)[C@]1(OC)[C@H](O)C2)C(=O)C=C(NC1O[C@@H](C)[C@H](OC)[C@@H](O)[C@H]1CO)C4=O. The third-order valence-corrected chi connectivity index (χ3v) is 13.4. The molecule has 1 aliphatic heterocycles. The van der Waals surface area contributed by atoms with Crippen LogP contribution in [0.25, 0.3) is 0 Å². The number of aromatic hydroxyl groups is 1. The molecule has 1 saturated heterocycles. The Hall–Kier alpha value is -6.72. The lowest BCUT2D eigenvalue weighted by Gasteiger charge is -2.53. The van der Waals surface area contributed by atoms with E-state index in [1.54, 1.807) is 19.1 Å². The van der Waals surface area contributed by atoms with Crippen molar-refractivity contribution in [3.05, 3.63) is 104 Å². The minimum atomic E-state index is -3.40. The molecule has 1 heterocycles. The summed E-state index contributed by atoms with van der Waals surface area (Å²) < 4.78 is 38.0. The molecule has 4 aliphatic rings. The zero-order valence-corrected chi connectivity index (χ0v) is 39.0. The Bertz CT molecular complexity index is 2760. The van der Waals surface area contributed by atoms with E-state index in [9.17, 15) is 59.1 Å². The van der Waals surface area contributed by atoms with Gasteiger partial charge in [-0.15, -0.1) is 0 Å². The van der Waals surface area contributed by atoms with Crippen LogP contribution in [0.15, 0.2) is 48.2 Å². The molecule has 0 aromatic heterocycles. The fourth-order valence-corrected chi connectivity index (χ4v) is 9.94. The highest BCUT2D eigenvalue weighted by Gasteiger charge is 2.73. The van der Waals surface area contributed by atoms with Crippen molar-refractivity contribution in [3.63, 3.8) is 0 Å². The highest BCUT2D eigenvalue weighted by molar-refractivity contribution is 6.31. The van der Waals surface area contributed by atoms with Crippen molar-refractivity contribution in [2.75, 3.05) is 41.7 Å². The quantitative estimate of drug-likeness (QED) is 0.0707. The van der Waals surface area contributed by atoms with Gasteiger partial charge in [-0.05, 0) is 31.0 Å². The molecule has 9 atom stereocenters. The molecule has 21 heteroatoms. The van der Waals surface area contributed by atoms with Crippen molar-refractivity contribution in [2.24, 2.45) is 11.8 Å². The number of fused-ring (bicyclic) bond motifs is 5. The molecule has 1 fully saturated rings. The summed E-state index contributed by atoms with van der Waals surface area (Å²) in [6, 6.07) is 8.25. The Labute approximate surface area is 399 Å². The van der Waals surface area contributed by atoms with Gasteiger partial charge in [0.15, 0.2) is 29.4 Å². The first-order valence-electron chi connectivity index (χ1n) is 21.9. The molecular weight excluding hydrogens is 923 g/mol. The topological polar surface area (TPSA) is 314 Å². The minimum Gasteiger partial charge on any atom is -0.506 e. The van der Waals surface area contributed by atoms with Crippen LogP contribution in [0.3, 0.4) is 0 Å². The van der Waals surface area contributed by atoms with Crippen LogP contribution in [-0.2, 0) is 56.6 Å². The third kappa shape index (κ3) is 8.05. The van der Waals surface area contributed by atoms with E-state index in [0.717, 1.165) is 26.4 Å². The Morgan fingerprint density at radius 1 is 0.957 bits per heavy atom. The molecule has 0 radical (unpaired) electrons. The van der Waals surface area contributed by atoms with E-state index in [1.807, 2.05) is 0 Å². The Balaban J connectivity index is 1.28. The number of phenols is 1. The lowest BCUT2D eigenvalue weighted by Crippen LogP contribution is -2.73. The lowest BCUT2D eigenvalue weighted by molar-refractivity contribution is -0.214. The predicted molar refractivity (Wildman–Crippen MR) is 236 cm³/mol. The summed E-state index contributed by atoms with van der Waals surface area (Å²) in [5, 5.41) is 60.6. The van der Waals surface area contributed by atoms with E-state index in [0.29, 0.717) is 0 Å². The number of carbonyl (C=O) groups is 8. The van der Waals surface area contributed by atoms with Crippen molar-refractivity contribution in [1.29, 1.82) is 0 Å². The van der Waals surface area contributed by atoms with Gasteiger partial charge < -0.3 is 64.0 Å². The lowest BCUT2D eigenvalue weighted by atomic mass is 9.56. The number of benzene rings is 3. The van der Waals surface area contributed by atoms with E-state index in [1.165, 1.54) is 46.3 Å². The molecular formula is C49H51NO20. The molecule has 3 aromatic rings. The monoisotopic (exact) mass is 973 g/mol. The first-order chi connectivity index (χ1) is 33.2. The molecule has 372 valence electrons. The molecule has 0 spiro atoms. The molecule has 0 amide bonds. The normalized spacial score (nSPS) is 26.1. The molecule has 70 heavy (non-hydrogen) atoms. The van der Waals surface area contributed by atoms with Crippen molar-refractivity contribution in [2.45, 2.75) is 82.1 Å². The van der Waals surface area contributed by atoms with Crippen molar-refractivity contribution in [1.82, 2.24) is 5.32 Å². The number of hydrogen-bond donors (Lipinski definition) is 6.